The lowest BCUT2D eigenvalue weighted by molar-refractivity contribution is 0.478. The molecule has 20 heavy (non-hydrogen) atoms. The van der Waals surface area contributed by atoms with Crippen molar-refractivity contribution in [1.29, 1.82) is 0 Å². The SMILES string of the molecule is C[C@@H](N)c1ccc(Oc2ccc3c(c2)CCC3)c(Br)c1. The molecule has 0 saturated heterocycles. The molecule has 0 aliphatic heterocycles. The number of benzene rings is 2. The van der Waals surface area contributed by atoms with E-state index in [0.29, 0.717) is 0 Å². The average Bonchev–Trinajstić information content (AvgIpc) is 2.88. The fraction of sp³-hybridized carbons (Fsp3) is 0.294. The Bertz CT molecular complexity index is 637. The molecule has 0 aromatic heterocycles. The third-order valence-corrected chi connectivity index (χ3v) is 4.40. The first kappa shape index (κ1) is 13.7. The number of hydrogen-bond acceptors (Lipinski definition) is 2. The number of fused-ring (bicyclic) bond motifs is 1. The van der Waals surface area contributed by atoms with Gasteiger partial charge in [0.15, 0.2) is 0 Å². The molecular formula is C17H18BrNO. The number of ether oxygens (including phenoxy) is 1. The molecule has 0 amide bonds. The van der Waals surface area contributed by atoms with Gasteiger partial charge >= 0.3 is 0 Å². The van der Waals surface area contributed by atoms with E-state index in [1.165, 1.54) is 24.0 Å². The van der Waals surface area contributed by atoms with Gasteiger partial charge in [0.25, 0.3) is 0 Å². The Labute approximate surface area is 128 Å². The molecule has 2 N–H and O–H groups in total. The van der Waals surface area contributed by atoms with Gasteiger partial charge in [-0.1, -0.05) is 12.1 Å². The van der Waals surface area contributed by atoms with Gasteiger partial charge in [-0.15, -0.1) is 0 Å². The van der Waals surface area contributed by atoms with Crippen molar-refractivity contribution in [2.24, 2.45) is 5.73 Å². The quantitative estimate of drug-likeness (QED) is 0.880. The summed E-state index contributed by atoms with van der Waals surface area (Å²) in [5, 5.41) is 0. The molecule has 3 rings (SSSR count). The molecule has 2 aromatic carbocycles. The lowest BCUT2D eigenvalue weighted by atomic mass is 10.1. The van der Waals surface area contributed by atoms with Gasteiger partial charge in [0.05, 0.1) is 4.47 Å². The molecule has 0 unspecified atom stereocenters. The zero-order valence-corrected chi connectivity index (χ0v) is 13.1. The predicted octanol–water partition coefficient (Wildman–Crippen LogP) is 4.75. The Morgan fingerprint density at radius 3 is 2.65 bits per heavy atom. The van der Waals surface area contributed by atoms with Crippen molar-refractivity contribution >= 4 is 15.9 Å². The van der Waals surface area contributed by atoms with Crippen molar-refractivity contribution in [3.63, 3.8) is 0 Å². The van der Waals surface area contributed by atoms with Crippen LogP contribution in [0, 0.1) is 0 Å². The topological polar surface area (TPSA) is 35.2 Å². The first-order valence-electron chi connectivity index (χ1n) is 6.98. The van der Waals surface area contributed by atoms with E-state index in [1.54, 1.807) is 0 Å². The Morgan fingerprint density at radius 2 is 1.90 bits per heavy atom. The van der Waals surface area contributed by atoms with Crippen LogP contribution in [0.3, 0.4) is 0 Å². The summed E-state index contributed by atoms with van der Waals surface area (Å²) in [5.41, 5.74) is 9.86. The molecule has 0 fully saturated rings. The average molecular weight is 332 g/mol. The first-order chi connectivity index (χ1) is 9.63. The zero-order chi connectivity index (χ0) is 14.1. The van der Waals surface area contributed by atoms with Crippen LogP contribution in [-0.2, 0) is 12.8 Å². The summed E-state index contributed by atoms with van der Waals surface area (Å²) in [6, 6.07) is 12.4. The van der Waals surface area contributed by atoms with Crippen LogP contribution in [0.15, 0.2) is 40.9 Å². The molecule has 2 aromatic rings. The van der Waals surface area contributed by atoms with Crippen LogP contribution in [0.1, 0.15) is 36.1 Å². The first-order valence-corrected chi connectivity index (χ1v) is 7.77. The summed E-state index contributed by atoms with van der Waals surface area (Å²) in [5.74, 6) is 1.73. The highest BCUT2D eigenvalue weighted by molar-refractivity contribution is 9.10. The van der Waals surface area contributed by atoms with Crippen LogP contribution in [0.2, 0.25) is 0 Å². The highest BCUT2D eigenvalue weighted by Gasteiger charge is 2.12. The molecule has 1 aliphatic rings. The fourth-order valence-electron chi connectivity index (χ4n) is 2.62. The Balaban J connectivity index is 1.84. The minimum absolute atomic E-state index is 0.0281. The van der Waals surface area contributed by atoms with E-state index in [4.69, 9.17) is 10.5 Å². The van der Waals surface area contributed by atoms with E-state index >= 15 is 0 Å². The maximum Gasteiger partial charge on any atom is 0.141 e. The van der Waals surface area contributed by atoms with E-state index in [0.717, 1.165) is 28.0 Å². The molecule has 1 atom stereocenters. The standard InChI is InChI=1S/C17H18BrNO/c1-11(19)13-6-8-17(16(18)10-13)20-15-7-5-12-3-2-4-14(12)9-15/h5-11H,2-4,19H2,1H3/t11-/m1/s1. The molecule has 0 heterocycles. The molecule has 0 spiro atoms. The van der Waals surface area contributed by atoms with Crippen LogP contribution >= 0.6 is 15.9 Å². The van der Waals surface area contributed by atoms with E-state index in [1.807, 2.05) is 25.1 Å². The van der Waals surface area contributed by atoms with Gasteiger partial charge in [0.2, 0.25) is 0 Å². The molecule has 1 aliphatic carbocycles. The number of rotatable bonds is 3. The maximum absolute atomic E-state index is 5.98. The van der Waals surface area contributed by atoms with Crippen molar-refractivity contribution < 1.29 is 4.74 Å². The second kappa shape index (κ2) is 5.58. The fourth-order valence-corrected chi connectivity index (χ4v) is 3.10. The van der Waals surface area contributed by atoms with Crippen molar-refractivity contribution in [2.45, 2.75) is 32.2 Å². The van der Waals surface area contributed by atoms with Gasteiger partial charge in [-0.05, 0) is 83.1 Å². The molecular weight excluding hydrogens is 314 g/mol. The van der Waals surface area contributed by atoms with Gasteiger partial charge in [-0.2, -0.15) is 0 Å². The van der Waals surface area contributed by atoms with E-state index in [2.05, 4.69) is 34.1 Å². The van der Waals surface area contributed by atoms with E-state index < -0.39 is 0 Å². The summed E-state index contributed by atoms with van der Waals surface area (Å²) in [6.45, 7) is 1.98. The van der Waals surface area contributed by atoms with E-state index in [-0.39, 0.29) is 6.04 Å². The van der Waals surface area contributed by atoms with Crippen LogP contribution in [0.5, 0.6) is 11.5 Å². The molecule has 3 heteroatoms. The molecule has 2 nitrogen and oxygen atoms in total. The minimum atomic E-state index is 0.0281. The third kappa shape index (κ3) is 2.74. The van der Waals surface area contributed by atoms with Gasteiger partial charge in [-0.3, -0.25) is 0 Å². The van der Waals surface area contributed by atoms with Crippen molar-refractivity contribution in [3.8, 4) is 11.5 Å². The Hall–Kier alpha value is -1.32. The van der Waals surface area contributed by atoms with Crippen molar-refractivity contribution in [3.05, 3.63) is 57.6 Å². The van der Waals surface area contributed by atoms with Crippen LogP contribution in [0.4, 0.5) is 0 Å². The molecule has 0 saturated carbocycles. The number of halogens is 1. The molecule has 0 radical (unpaired) electrons. The number of nitrogens with two attached hydrogens (primary N) is 1. The van der Waals surface area contributed by atoms with Crippen LogP contribution in [0.25, 0.3) is 0 Å². The summed E-state index contributed by atoms with van der Waals surface area (Å²) in [4.78, 5) is 0. The summed E-state index contributed by atoms with van der Waals surface area (Å²) < 4.78 is 6.92. The second-order valence-electron chi connectivity index (χ2n) is 5.36. The number of hydrogen-bond donors (Lipinski definition) is 1. The highest BCUT2D eigenvalue weighted by Crippen LogP contribution is 2.33. The third-order valence-electron chi connectivity index (χ3n) is 3.78. The van der Waals surface area contributed by atoms with Gasteiger partial charge in [-0.25, -0.2) is 0 Å². The van der Waals surface area contributed by atoms with Gasteiger partial charge in [0.1, 0.15) is 11.5 Å². The van der Waals surface area contributed by atoms with Gasteiger partial charge in [0, 0.05) is 6.04 Å². The maximum atomic E-state index is 5.98. The Morgan fingerprint density at radius 1 is 1.10 bits per heavy atom. The monoisotopic (exact) mass is 331 g/mol. The summed E-state index contributed by atoms with van der Waals surface area (Å²) in [7, 11) is 0. The smallest absolute Gasteiger partial charge is 0.141 e. The van der Waals surface area contributed by atoms with Crippen LogP contribution < -0.4 is 10.5 Å². The number of aryl methyl sites for hydroxylation is 2. The normalized spacial score (nSPS) is 14.9. The lowest BCUT2D eigenvalue weighted by Crippen LogP contribution is -2.04. The minimum Gasteiger partial charge on any atom is -0.456 e. The van der Waals surface area contributed by atoms with Gasteiger partial charge < -0.3 is 10.5 Å². The summed E-state index contributed by atoms with van der Waals surface area (Å²) >= 11 is 3.55. The molecule has 104 valence electrons. The predicted molar refractivity (Wildman–Crippen MR) is 85.3 cm³/mol. The van der Waals surface area contributed by atoms with Crippen molar-refractivity contribution in [2.75, 3.05) is 0 Å². The van der Waals surface area contributed by atoms with Crippen LogP contribution in [-0.4, -0.2) is 0 Å². The lowest BCUT2D eigenvalue weighted by Gasteiger charge is -2.12. The second-order valence-corrected chi connectivity index (χ2v) is 6.22. The zero-order valence-electron chi connectivity index (χ0n) is 11.5. The Kier molecular flexibility index (Phi) is 3.81. The van der Waals surface area contributed by atoms with Crippen molar-refractivity contribution in [1.82, 2.24) is 0 Å². The molecule has 0 bridgehead atoms. The van der Waals surface area contributed by atoms with E-state index in [9.17, 15) is 0 Å². The highest BCUT2D eigenvalue weighted by atomic mass is 79.9. The largest absolute Gasteiger partial charge is 0.456 e. The summed E-state index contributed by atoms with van der Waals surface area (Å²) in [6.07, 6.45) is 3.62.